The lowest BCUT2D eigenvalue weighted by Crippen LogP contribution is -2.19. The van der Waals surface area contributed by atoms with Gasteiger partial charge in [0.05, 0.1) is 0 Å². The molecule has 2 rings (SSSR count). The second-order valence-corrected chi connectivity index (χ2v) is 4.31. The summed E-state index contributed by atoms with van der Waals surface area (Å²) in [6.45, 7) is 7.89. The lowest BCUT2D eigenvalue weighted by molar-refractivity contribution is 0.957. The van der Waals surface area contributed by atoms with E-state index in [0.29, 0.717) is 5.95 Å². The van der Waals surface area contributed by atoms with E-state index >= 15 is 0 Å². The highest BCUT2D eigenvalue weighted by Gasteiger charge is 2.12. The van der Waals surface area contributed by atoms with Gasteiger partial charge in [-0.1, -0.05) is 18.2 Å². The lowest BCUT2D eigenvalue weighted by Gasteiger charge is -2.24. The van der Waals surface area contributed by atoms with Crippen molar-refractivity contribution in [3.63, 3.8) is 0 Å². The highest BCUT2D eigenvalue weighted by atomic mass is 15.2. The van der Waals surface area contributed by atoms with E-state index in [0.717, 1.165) is 30.2 Å². The van der Waals surface area contributed by atoms with Gasteiger partial charge in [-0.05, 0) is 32.9 Å². The van der Waals surface area contributed by atoms with E-state index in [1.165, 1.54) is 0 Å². The van der Waals surface area contributed by atoms with Crippen LogP contribution in [0.2, 0.25) is 0 Å². The van der Waals surface area contributed by atoms with Crippen molar-refractivity contribution in [1.29, 1.82) is 0 Å². The Bertz CT molecular complexity index is 525. The Morgan fingerprint density at radius 2 is 1.89 bits per heavy atom. The predicted octanol–water partition coefficient (Wildman–Crippen LogP) is 3.37. The highest BCUT2D eigenvalue weighted by Crippen LogP contribution is 2.26. The van der Waals surface area contributed by atoms with Gasteiger partial charge in [0, 0.05) is 30.5 Å². The van der Waals surface area contributed by atoms with Gasteiger partial charge < -0.3 is 10.2 Å². The molecule has 19 heavy (non-hydrogen) atoms. The van der Waals surface area contributed by atoms with Crippen molar-refractivity contribution in [3.05, 3.63) is 42.1 Å². The Kier molecular flexibility index (Phi) is 4.34. The van der Waals surface area contributed by atoms with Gasteiger partial charge in [0.1, 0.15) is 5.82 Å². The molecule has 0 spiro atoms. The predicted molar refractivity (Wildman–Crippen MR) is 80.1 cm³/mol. The highest BCUT2D eigenvalue weighted by molar-refractivity contribution is 5.63. The minimum absolute atomic E-state index is 0.678. The molecule has 0 atom stereocenters. The maximum absolute atomic E-state index is 4.61. The number of aryl methyl sites for hydroxylation is 1. The fourth-order valence-electron chi connectivity index (χ4n) is 2.01. The van der Waals surface area contributed by atoms with Crippen molar-refractivity contribution in [2.45, 2.75) is 20.8 Å². The Morgan fingerprint density at radius 3 is 2.53 bits per heavy atom. The quantitative estimate of drug-likeness (QED) is 0.890. The monoisotopic (exact) mass is 256 g/mol. The number of aromatic nitrogens is 2. The molecule has 1 heterocycles. The van der Waals surface area contributed by atoms with E-state index in [1.54, 1.807) is 0 Å². The first-order valence-corrected chi connectivity index (χ1v) is 6.66. The van der Waals surface area contributed by atoms with Crippen LogP contribution in [0.25, 0.3) is 0 Å². The summed E-state index contributed by atoms with van der Waals surface area (Å²) in [6, 6.07) is 10.3. The van der Waals surface area contributed by atoms with Crippen LogP contribution in [0.4, 0.5) is 17.5 Å². The van der Waals surface area contributed by atoms with E-state index in [1.807, 2.05) is 38.2 Å². The van der Waals surface area contributed by atoms with Crippen molar-refractivity contribution in [2.75, 3.05) is 23.3 Å². The third kappa shape index (κ3) is 3.02. The zero-order chi connectivity index (χ0) is 13.7. The first-order chi connectivity index (χ1) is 9.26. The van der Waals surface area contributed by atoms with Crippen LogP contribution >= 0.6 is 0 Å². The molecule has 1 N–H and O–H groups in total. The lowest BCUT2D eigenvalue weighted by atomic mass is 10.2. The van der Waals surface area contributed by atoms with Crippen molar-refractivity contribution < 1.29 is 0 Å². The van der Waals surface area contributed by atoms with Crippen LogP contribution in [-0.4, -0.2) is 23.1 Å². The number of rotatable bonds is 5. The molecule has 0 unspecified atom stereocenters. The average Bonchev–Trinajstić information content (AvgIpc) is 2.44. The summed E-state index contributed by atoms with van der Waals surface area (Å²) in [5.74, 6) is 1.64. The number of para-hydroxylation sites is 1. The Morgan fingerprint density at radius 1 is 1.16 bits per heavy atom. The molecule has 2 aromatic rings. The van der Waals surface area contributed by atoms with Gasteiger partial charge in [-0.2, -0.15) is 4.98 Å². The van der Waals surface area contributed by atoms with Crippen molar-refractivity contribution in [3.8, 4) is 0 Å². The van der Waals surface area contributed by atoms with Crippen LogP contribution in [0.5, 0.6) is 0 Å². The summed E-state index contributed by atoms with van der Waals surface area (Å²) < 4.78 is 0. The van der Waals surface area contributed by atoms with Crippen LogP contribution in [-0.2, 0) is 0 Å². The fraction of sp³-hybridized carbons (Fsp3) is 0.333. The molecule has 1 aromatic carbocycles. The third-order valence-electron chi connectivity index (χ3n) is 2.92. The zero-order valence-electron chi connectivity index (χ0n) is 11.7. The molecule has 0 radical (unpaired) electrons. The number of nitrogens with zero attached hydrogens (tertiary/aromatic N) is 3. The van der Waals surface area contributed by atoms with Crippen molar-refractivity contribution in [2.24, 2.45) is 0 Å². The van der Waals surface area contributed by atoms with Crippen molar-refractivity contribution >= 4 is 17.5 Å². The SMILES string of the molecule is CCNc1ncc(C)c(N(CC)c2ccccc2)n1. The van der Waals surface area contributed by atoms with Crippen LogP contribution in [0.3, 0.4) is 0 Å². The van der Waals surface area contributed by atoms with Gasteiger partial charge in [-0.3, -0.25) is 0 Å². The molecule has 0 aliphatic heterocycles. The summed E-state index contributed by atoms with van der Waals surface area (Å²) >= 11 is 0. The van der Waals surface area contributed by atoms with E-state index in [2.05, 4.69) is 39.2 Å². The van der Waals surface area contributed by atoms with Crippen LogP contribution in [0.1, 0.15) is 19.4 Å². The molecule has 0 fully saturated rings. The van der Waals surface area contributed by atoms with Crippen LogP contribution in [0, 0.1) is 6.92 Å². The van der Waals surface area contributed by atoms with Gasteiger partial charge in [0.25, 0.3) is 0 Å². The maximum atomic E-state index is 4.61. The molecule has 0 aliphatic carbocycles. The normalized spacial score (nSPS) is 10.3. The first-order valence-electron chi connectivity index (χ1n) is 6.66. The van der Waals surface area contributed by atoms with Gasteiger partial charge in [-0.15, -0.1) is 0 Å². The molecule has 0 saturated carbocycles. The van der Waals surface area contributed by atoms with Gasteiger partial charge in [0.2, 0.25) is 5.95 Å². The minimum atomic E-state index is 0.678. The Balaban J connectivity index is 2.40. The smallest absolute Gasteiger partial charge is 0.224 e. The van der Waals surface area contributed by atoms with Gasteiger partial charge in [0.15, 0.2) is 0 Å². The second kappa shape index (κ2) is 6.18. The summed E-state index contributed by atoms with van der Waals surface area (Å²) in [5.41, 5.74) is 2.22. The molecule has 100 valence electrons. The average molecular weight is 256 g/mol. The number of nitrogens with one attached hydrogen (secondary N) is 1. The van der Waals surface area contributed by atoms with Gasteiger partial charge in [-0.25, -0.2) is 4.98 Å². The number of hydrogen-bond acceptors (Lipinski definition) is 4. The molecule has 0 aliphatic rings. The molecular weight excluding hydrogens is 236 g/mol. The molecule has 0 saturated heterocycles. The summed E-state index contributed by atoms with van der Waals surface area (Å²) in [6.07, 6.45) is 1.87. The first kappa shape index (κ1) is 13.3. The molecule has 1 aromatic heterocycles. The number of benzene rings is 1. The van der Waals surface area contributed by atoms with E-state index in [4.69, 9.17) is 0 Å². The summed E-state index contributed by atoms with van der Waals surface area (Å²) in [5, 5.41) is 3.16. The zero-order valence-corrected chi connectivity index (χ0v) is 11.7. The Hall–Kier alpha value is -2.10. The van der Waals surface area contributed by atoms with Crippen molar-refractivity contribution in [1.82, 2.24) is 9.97 Å². The number of hydrogen-bond donors (Lipinski definition) is 1. The van der Waals surface area contributed by atoms with Crippen LogP contribution < -0.4 is 10.2 Å². The standard InChI is InChI=1S/C15H20N4/c1-4-16-15-17-11-12(3)14(18-15)19(5-2)13-9-7-6-8-10-13/h6-11H,4-5H2,1-3H3,(H,16,17,18). The fourth-order valence-corrected chi connectivity index (χ4v) is 2.01. The topological polar surface area (TPSA) is 41.1 Å². The largest absolute Gasteiger partial charge is 0.354 e. The molecule has 0 bridgehead atoms. The summed E-state index contributed by atoms with van der Waals surface area (Å²) in [4.78, 5) is 11.1. The molecule has 4 nitrogen and oxygen atoms in total. The molecular formula is C15H20N4. The van der Waals surface area contributed by atoms with Crippen LogP contribution in [0.15, 0.2) is 36.5 Å². The maximum Gasteiger partial charge on any atom is 0.224 e. The third-order valence-corrected chi connectivity index (χ3v) is 2.92. The van der Waals surface area contributed by atoms with E-state index in [-0.39, 0.29) is 0 Å². The molecule has 0 amide bonds. The van der Waals surface area contributed by atoms with E-state index in [9.17, 15) is 0 Å². The Labute approximate surface area is 114 Å². The number of anilines is 3. The molecule has 4 heteroatoms. The van der Waals surface area contributed by atoms with E-state index < -0.39 is 0 Å². The van der Waals surface area contributed by atoms with Gasteiger partial charge >= 0.3 is 0 Å². The summed E-state index contributed by atoms with van der Waals surface area (Å²) in [7, 11) is 0. The second-order valence-electron chi connectivity index (χ2n) is 4.31. The minimum Gasteiger partial charge on any atom is -0.354 e.